The molecule has 0 N–H and O–H groups in total. The van der Waals surface area contributed by atoms with Crippen LogP contribution in [0.1, 0.15) is 36.1 Å². The van der Waals surface area contributed by atoms with Crippen LogP contribution in [0.15, 0.2) is 53.6 Å². The largest absolute Gasteiger partial charge is 0.293 e. The van der Waals surface area contributed by atoms with E-state index >= 15 is 0 Å². The van der Waals surface area contributed by atoms with E-state index in [0.717, 1.165) is 22.5 Å². The molecule has 32 heavy (non-hydrogen) atoms. The van der Waals surface area contributed by atoms with E-state index < -0.39 is 0 Å². The van der Waals surface area contributed by atoms with Gasteiger partial charge in [-0.15, -0.1) is 0 Å². The average molecular weight is 462 g/mol. The quantitative estimate of drug-likeness (QED) is 0.329. The fourth-order valence-corrected chi connectivity index (χ4v) is 5.38. The van der Waals surface area contributed by atoms with E-state index in [4.69, 9.17) is 17.3 Å². The SMILES string of the molecule is Cc1cc(C)c(-c2nn(-c3ccccc3)cc2/C=C2\SC(=S)N(CC(C)C)C2=O)c(C)c1. The van der Waals surface area contributed by atoms with Crippen LogP contribution in [0.2, 0.25) is 0 Å². The third-order valence-electron chi connectivity index (χ3n) is 5.39. The number of benzene rings is 2. The van der Waals surface area contributed by atoms with Gasteiger partial charge < -0.3 is 0 Å². The Labute approximate surface area is 199 Å². The fraction of sp³-hybridized carbons (Fsp3) is 0.269. The number of carbonyl (C=O) groups is 1. The average Bonchev–Trinajstić information content (AvgIpc) is 3.24. The highest BCUT2D eigenvalue weighted by molar-refractivity contribution is 8.26. The number of para-hydroxylation sites is 1. The van der Waals surface area contributed by atoms with E-state index in [1.54, 1.807) is 4.90 Å². The minimum absolute atomic E-state index is 0.0236. The van der Waals surface area contributed by atoms with Crippen LogP contribution in [0.5, 0.6) is 0 Å². The number of rotatable bonds is 5. The molecule has 0 atom stereocenters. The van der Waals surface area contributed by atoms with Crippen LogP contribution in [0, 0.1) is 26.7 Å². The van der Waals surface area contributed by atoms with Gasteiger partial charge in [-0.25, -0.2) is 4.68 Å². The highest BCUT2D eigenvalue weighted by atomic mass is 32.2. The summed E-state index contributed by atoms with van der Waals surface area (Å²) in [5.41, 5.74) is 7.43. The number of aryl methyl sites for hydroxylation is 3. The second kappa shape index (κ2) is 9.04. The van der Waals surface area contributed by atoms with Crippen LogP contribution in [0.25, 0.3) is 23.0 Å². The predicted octanol–water partition coefficient (Wildman–Crippen LogP) is 6.32. The van der Waals surface area contributed by atoms with Crippen molar-refractivity contribution in [3.8, 4) is 16.9 Å². The summed E-state index contributed by atoms with van der Waals surface area (Å²) in [5, 5.41) is 4.96. The Morgan fingerprint density at radius 2 is 1.75 bits per heavy atom. The molecule has 0 radical (unpaired) electrons. The summed E-state index contributed by atoms with van der Waals surface area (Å²) in [6.45, 7) is 11.1. The molecule has 1 fully saturated rings. The van der Waals surface area contributed by atoms with Crippen molar-refractivity contribution in [1.29, 1.82) is 0 Å². The molecular weight excluding hydrogens is 434 g/mol. The monoisotopic (exact) mass is 461 g/mol. The van der Waals surface area contributed by atoms with Gasteiger partial charge in [-0.2, -0.15) is 5.10 Å². The van der Waals surface area contributed by atoms with Crippen LogP contribution in [-0.4, -0.2) is 31.5 Å². The van der Waals surface area contributed by atoms with Crippen molar-refractivity contribution in [1.82, 2.24) is 14.7 Å². The summed E-state index contributed by atoms with van der Waals surface area (Å²) in [6, 6.07) is 14.4. The third-order valence-corrected chi connectivity index (χ3v) is 6.76. The maximum atomic E-state index is 13.1. The molecule has 0 aliphatic carbocycles. The van der Waals surface area contributed by atoms with Crippen molar-refractivity contribution in [3.63, 3.8) is 0 Å². The standard InChI is InChI=1S/C26H27N3OS2/c1-16(2)14-28-25(30)22(32-26(28)31)13-20-15-29(21-9-7-6-8-10-21)27-24(20)23-18(4)11-17(3)12-19(23)5/h6-13,15-16H,14H2,1-5H3/b22-13-. The molecule has 1 aromatic heterocycles. The van der Waals surface area contributed by atoms with Crippen molar-refractivity contribution < 1.29 is 4.79 Å². The van der Waals surface area contributed by atoms with Crippen LogP contribution in [-0.2, 0) is 4.79 Å². The summed E-state index contributed by atoms with van der Waals surface area (Å²) in [6.07, 6.45) is 3.94. The van der Waals surface area contributed by atoms with E-state index in [0.29, 0.717) is 21.7 Å². The van der Waals surface area contributed by atoms with Gasteiger partial charge in [-0.1, -0.05) is 73.7 Å². The number of hydrogen-bond acceptors (Lipinski definition) is 4. The van der Waals surface area contributed by atoms with Gasteiger partial charge in [0.2, 0.25) is 0 Å². The summed E-state index contributed by atoms with van der Waals surface area (Å²) in [7, 11) is 0. The van der Waals surface area contributed by atoms with Gasteiger partial charge in [0, 0.05) is 23.9 Å². The Hall–Kier alpha value is -2.70. The predicted molar refractivity (Wildman–Crippen MR) is 138 cm³/mol. The second-order valence-electron chi connectivity index (χ2n) is 8.67. The maximum Gasteiger partial charge on any atom is 0.266 e. The highest BCUT2D eigenvalue weighted by Crippen LogP contribution is 2.37. The topological polar surface area (TPSA) is 38.1 Å². The molecule has 1 aliphatic rings. The van der Waals surface area contributed by atoms with Crippen LogP contribution in [0.3, 0.4) is 0 Å². The highest BCUT2D eigenvalue weighted by Gasteiger charge is 2.32. The lowest BCUT2D eigenvalue weighted by molar-refractivity contribution is -0.122. The minimum Gasteiger partial charge on any atom is -0.293 e. The van der Waals surface area contributed by atoms with E-state index in [2.05, 4.69) is 46.8 Å². The van der Waals surface area contributed by atoms with Crippen molar-refractivity contribution in [2.24, 2.45) is 5.92 Å². The Kier molecular flexibility index (Phi) is 6.35. The van der Waals surface area contributed by atoms with Gasteiger partial charge in [0.25, 0.3) is 5.91 Å². The first kappa shape index (κ1) is 22.5. The minimum atomic E-state index is -0.0236. The zero-order chi connectivity index (χ0) is 23.0. The van der Waals surface area contributed by atoms with E-state index in [1.165, 1.54) is 28.5 Å². The van der Waals surface area contributed by atoms with E-state index in [-0.39, 0.29) is 5.91 Å². The number of hydrogen-bond donors (Lipinski definition) is 0. The molecule has 0 spiro atoms. The van der Waals surface area contributed by atoms with Crippen molar-refractivity contribution in [2.75, 3.05) is 6.54 Å². The molecule has 1 amide bonds. The zero-order valence-electron chi connectivity index (χ0n) is 19.0. The molecule has 4 nitrogen and oxygen atoms in total. The molecule has 2 heterocycles. The van der Waals surface area contributed by atoms with E-state index in [9.17, 15) is 4.79 Å². The number of aromatic nitrogens is 2. The van der Waals surface area contributed by atoms with Gasteiger partial charge in [0.1, 0.15) is 10.0 Å². The summed E-state index contributed by atoms with van der Waals surface area (Å²) < 4.78 is 2.50. The molecule has 0 saturated carbocycles. The normalized spacial score (nSPS) is 15.4. The fourth-order valence-electron chi connectivity index (χ4n) is 4.12. The number of carbonyl (C=O) groups excluding carboxylic acids is 1. The first-order chi connectivity index (χ1) is 15.2. The van der Waals surface area contributed by atoms with E-state index in [1.807, 2.05) is 47.3 Å². The molecular formula is C26H27N3OS2. The van der Waals surface area contributed by atoms with Gasteiger partial charge in [-0.3, -0.25) is 9.69 Å². The lowest BCUT2D eigenvalue weighted by Gasteiger charge is -2.16. The molecule has 0 bridgehead atoms. The Bertz CT molecular complexity index is 1200. The zero-order valence-corrected chi connectivity index (χ0v) is 20.7. The number of thiocarbonyl (C=S) groups is 1. The Balaban J connectivity index is 1.85. The summed E-state index contributed by atoms with van der Waals surface area (Å²) >= 11 is 6.87. The maximum absolute atomic E-state index is 13.1. The second-order valence-corrected chi connectivity index (χ2v) is 10.3. The molecule has 0 unspecified atom stereocenters. The third kappa shape index (κ3) is 4.43. The molecule has 4 rings (SSSR count). The molecule has 1 saturated heterocycles. The first-order valence-corrected chi connectivity index (χ1v) is 12.0. The van der Waals surface area contributed by atoms with Crippen molar-refractivity contribution >= 4 is 40.3 Å². The van der Waals surface area contributed by atoms with Gasteiger partial charge in [-0.05, 0) is 56.0 Å². The van der Waals surface area contributed by atoms with Gasteiger partial charge in [0.05, 0.1) is 10.6 Å². The van der Waals surface area contributed by atoms with Crippen LogP contribution in [0.4, 0.5) is 0 Å². The smallest absolute Gasteiger partial charge is 0.266 e. The van der Waals surface area contributed by atoms with Gasteiger partial charge >= 0.3 is 0 Å². The number of amides is 1. The molecule has 3 aromatic rings. The van der Waals surface area contributed by atoms with Crippen molar-refractivity contribution in [2.45, 2.75) is 34.6 Å². The van der Waals surface area contributed by atoms with Crippen LogP contribution >= 0.6 is 24.0 Å². The summed E-state index contributed by atoms with van der Waals surface area (Å²) in [4.78, 5) is 15.4. The molecule has 164 valence electrons. The van der Waals surface area contributed by atoms with Crippen molar-refractivity contribution in [3.05, 3.63) is 75.8 Å². The Morgan fingerprint density at radius 1 is 1.09 bits per heavy atom. The Morgan fingerprint density at radius 3 is 2.38 bits per heavy atom. The summed E-state index contributed by atoms with van der Waals surface area (Å²) in [5.74, 6) is 0.329. The first-order valence-electron chi connectivity index (χ1n) is 10.7. The van der Waals surface area contributed by atoms with Crippen LogP contribution < -0.4 is 0 Å². The lowest BCUT2D eigenvalue weighted by atomic mass is 9.95. The molecule has 2 aromatic carbocycles. The molecule has 1 aliphatic heterocycles. The lowest BCUT2D eigenvalue weighted by Crippen LogP contribution is -2.31. The number of thioether (sulfide) groups is 1. The number of nitrogens with zero attached hydrogens (tertiary/aromatic N) is 3. The van der Waals surface area contributed by atoms with Gasteiger partial charge in [0.15, 0.2) is 0 Å². The molecule has 6 heteroatoms.